The van der Waals surface area contributed by atoms with Crippen LogP contribution in [0.1, 0.15) is 89.5 Å². The first kappa shape index (κ1) is 20.5. The molecule has 1 unspecified atom stereocenters. The summed E-state index contributed by atoms with van der Waals surface area (Å²) in [5.41, 5.74) is 2.21. The molecule has 0 heterocycles. The van der Waals surface area contributed by atoms with Crippen LogP contribution in [0.15, 0.2) is 48.6 Å². The molecule has 1 aliphatic rings. The van der Waals surface area contributed by atoms with Crippen LogP contribution in [0.2, 0.25) is 0 Å². The Bertz CT molecular complexity index is 605. The second kappa shape index (κ2) is 11.7. The van der Waals surface area contributed by atoms with E-state index in [1.165, 1.54) is 75.3 Å². The molecule has 1 aromatic carbocycles. The van der Waals surface area contributed by atoms with Crippen molar-refractivity contribution < 1.29 is 0 Å². The molecule has 1 nitrogen and oxygen atoms in total. The van der Waals surface area contributed by atoms with E-state index in [0.717, 1.165) is 12.8 Å². The summed E-state index contributed by atoms with van der Waals surface area (Å²) in [4.78, 5) is 0. The van der Waals surface area contributed by atoms with Crippen molar-refractivity contribution in [2.45, 2.75) is 84.0 Å². The maximum atomic E-state index is 9.71. The molecule has 140 valence electrons. The van der Waals surface area contributed by atoms with Crippen LogP contribution in [0.4, 0.5) is 0 Å². The average molecular weight is 350 g/mol. The Morgan fingerprint density at radius 3 is 2.04 bits per heavy atom. The normalized spacial score (nSPS) is 19.2. The predicted octanol–water partition coefficient (Wildman–Crippen LogP) is 7.85. The highest BCUT2D eigenvalue weighted by Crippen LogP contribution is 2.37. The van der Waals surface area contributed by atoms with E-state index in [2.05, 4.69) is 55.5 Å². The molecule has 0 bridgehead atoms. The van der Waals surface area contributed by atoms with Crippen molar-refractivity contribution in [1.82, 2.24) is 0 Å². The number of nitrogens with zero attached hydrogens (tertiary/aromatic N) is 1. The Labute approximate surface area is 160 Å². The van der Waals surface area contributed by atoms with Gasteiger partial charge in [-0.2, -0.15) is 5.26 Å². The molecule has 0 aromatic heterocycles. The number of allylic oxidation sites excluding steroid dienone is 4. The lowest BCUT2D eigenvalue weighted by atomic mass is 9.76. The summed E-state index contributed by atoms with van der Waals surface area (Å²) in [6.45, 7) is 2.27. The van der Waals surface area contributed by atoms with Crippen LogP contribution < -0.4 is 0 Å². The maximum Gasteiger partial charge on any atom is 0.0791 e. The molecule has 0 saturated carbocycles. The van der Waals surface area contributed by atoms with Crippen molar-refractivity contribution in [3.05, 3.63) is 54.1 Å². The first-order chi connectivity index (χ1) is 12.8. The fourth-order valence-corrected chi connectivity index (χ4v) is 3.77. The van der Waals surface area contributed by atoms with Crippen LogP contribution in [-0.4, -0.2) is 0 Å². The van der Waals surface area contributed by atoms with Gasteiger partial charge in [-0.15, -0.1) is 0 Å². The summed E-state index contributed by atoms with van der Waals surface area (Å²) in [5, 5.41) is 9.71. The molecular weight excluding hydrogens is 314 g/mol. The van der Waals surface area contributed by atoms with Gasteiger partial charge in [-0.05, 0) is 24.0 Å². The van der Waals surface area contributed by atoms with Gasteiger partial charge in [0.05, 0.1) is 11.5 Å². The Morgan fingerprint density at radius 1 is 0.885 bits per heavy atom. The van der Waals surface area contributed by atoms with E-state index in [1.54, 1.807) is 0 Å². The van der Waals surface area contributed by atoms with Crippen LogP contribution in [0, 0.1) is 16.7 Å². The summed E-state index contributed by atoms with van der Waals surface area (Å²) in [5.74, 6) is 0. The van der Waals surface area contributed by atoms with E-state index in [4.69, 9.17) is 0 Å². The van der Waals surface area contributed by atoms with Gasteiger partial charge in [0, 0.05) is 0 Å². The van der Waals surface area contributed by atoms with Crippen molar-refractivity contribution in [1.29, 1.82) is 5.26 Å². The molecular formula is C25H35N. The second-order valence-corrected chi connectivity index (χ2v) is 7.76. The molecule has 26 heavy (non-hydrogen) atoms. The van der Waals surface area contributed by atoms with Gasteiger partial charge in [0.2, 0.25) is 0 Å². The van der Waals surface area contributed by atoms with E-state index in [9.17, 15) is 5.26 Å². The summed E-state index contributed by atoms with van der Waals surface area (Å²) < 4.78 is 0. The van der Waals surface area contributed by atoms with Gasteiger partial charge in [0.1, 0.15) is 0 Å². The van der Waals surface area contributed by atoms with Crippen molar-refractivity contribution in [3.63, 3.8) is 0 Å². The first-order valence-corrected chi connectivity index (χ1v) is 10.7. The number of hydrogen-bond acceptors (Lipinski definition) is 1. The zero-order valence-corrected chi connectivity index (χ0v) is 16.6. The summed E-state index contributed by atoms with van der Waals surface area (Å²) in [6.07, 6.45) is 21.8. The lowest BCUT2D eigenvalue weighted by Crippen LogP contribution is -2.17. The topological polar surface area (TPSA) is 23.8 Å². The highest BCUT2D eigenvalue weighted by molar-refractivity contribution is 5.75. The molecule has 0 amide bonds. The maximum absolute atomic E-state index is 9.71. The van der Waals surface area contributed by atoms with Crippen LogP contribution >= 0.6 is 0 Å². The molecule has 2 rings (SSSR count). The Balaban J connectivity index is 1.64. The Kier molecular flexibility index (Phi) is 9.26. The van der Waals surface area contributed by atoms with Crippen LogP contribution in [0.25, 0.3) is 5.57 Å². The molecule has 0 aliphatic heterocycles. The molecule has 0 fully saturated rings. The van der Waals surface area contributed by atoms with Gasteiger partial charge >= 0.3 is 0 Å². The lowest BCUT2D eigenvalue weighted by molar-refractivity contribution is 0.431. The average Bonchev–Trinajstić information content (AvgIpc) is 2.70. The van der Waals surface area contributed by atoms with E-state index in [-0.39, 0.29) is 5.41 Å². The van der Waals surface area contributed by atoms with Gasteiger partial charge in [-0.3, -0.25) is 0 Å². The monoisotopic (exact) mass is 349 g/mol. The van der Waals surface area contributed by atoms with Crippen molar-refractivity contribution >= 4 is 5.57 Å². The van der Waals surface area contributed by atoms with Gasteiger partial charge in [-0.25, -0.2) is 0 Å². The van der Waals surface area contributed by atoms with Gasteiger partial charge in [-0.1, -0.05) is 120 Å². The third kappa shape index (κ3) is 6.83. The third-order valence-electron chi connectivity index (χ3n) is 5.57. The summed E-state index contributed by atoms with van der Waals surface area (Å²) in [6, 6.07) is 13.0. The minimum atomic E-state index is -0.279. The van der Waals surface area contributed by atoms with Crippen LogP contribution in [0.3, 0.4) is 0 Å². The molecule has 0 saturated heterocycles. The number of rotatable bonds is 12. The third-order valence-corrected chi connectivity index (χ3v) is 5.57. The quantitative estimate of drug-likeness (QED) is 0.352. The molecule has 1 heteroatoms. The van der Waals surface area contributed by atoms with Crippen LogP contribution in [-0.2, 0) is 0 Å². The number of nitriles is 1. The highest BCUT2D eigenvalue weighted by atomic mass is 14.4. The fourth-order valence-electron chi connectivity index (χ4n) is 3.77. The highest BCUT2D eigenvalue weighted by Gasteiger charge is 2.27. The first-order valence-electron chi connectivity index (χ1n) is 10.7. The SMILES string of the molecule is CCCCCCCCCCCCC1(C#N)C=CC(c2ccccc2)=CC1. The summed E-state index contributed by atoms with van der Waals surface area (Å²) in [7, 11) is 0. The molecule has 0 radical (unpaired) electrons. The van der Waals surface area contributed by atoms with E-state index >= 15 is 0 Å². The minimum absolute atomic E-state index is 0.279. The van der Waals surface area contributed by atoms with E-state index in [1.807, 2.05) is 6.07 Å². The molecule has 0 spiro atoms. The van der Waals surface area contributed by atoms with Gasteiger partial charge in [0.15, 0.2) is 0 Å². The van der Waals surface area contributed by atoms with Crippen molar-refractivity contribution in [2.75, 3.05) is 0 Å². The second-order valence-electron chi connectivity index (χ2n) is 7.76. The number of hydrogen-bond donors (Lipinski definition) is 0. The van der Waals surface area contributed by atoms with Gasteiger partial charge in [0.25, 0.3) is 0 Å². The van der Waals surface area contributed by atoms with E-state index in [0.29, 0.717) is 0 Å². The molecule has 1 aliphatic carbocycles. The number of benzene rings is 1. The number of unbranched alkanes of at least 4 members (excludes halogenated alkanes) is 9. The fraction of sp³-hybridized carbons (Fsp3) is 0.560. The molecule has 1 atom stereocenters. The van der Waals surface area contributed by atoms with Gasteiger partial charge < -0.3 is 0 Å². The Morgan fingerprint density at radius 2 is 1.50 bits per heavy atom. The Hall–Kier alpha value is -1.81. The lowest BCUT2D eigenvalue weighted by Gasteiger charge is -2.25. The minimum Gasteiger partial charge on any atom is -0.197 e. The predicted molar refractivity (Wildman–Crippen MR) is 113 cm³/mol. The summed E-state index contributed by atoms with van der Waals surface area (Å²) >= 11 is 0. The van der Waals surface area contributed by atoms with E-state index < -0.39 is 0 Å². The zero-order valence-electron chi connectivity index (χ0n) is 16.6. The standard InChI is InChI=1S/C25H35N/c1-2-3-4-5-6-7-8-9-10-14-19-25(22-26)20-17-24(18-21-25)23-15-12-11-13-16-23/h11-13,15-18,20H,2-10,14,19,21H2,1H3. The largest absolute Gasteiger partial charge is 0.197 e. The van der Waals surface area contributed by atoms with Crippen molar-refractivity contribution in [2.24, 2.45) is 5.41 Å². The van der Waals surface area contributed by atoms with Crippen LogP contribution in [0.5, 0.6) is 0 Å². The van der Waals surface area contributed by atoms with Crippen molar-refractivity contribution in [3.8, 4) is 6.07 Å². The zero-order chi connectivity index (χ0) is 18.5. The molecule has 1 aromatic rings. The smallest absolute Gasteiger partial charge is 0.0791 e. The molecule has 0 N–H and O–H groups in total.